The summed E-state index contributed by atoms with van der Waals surface area (Å²) in [4.78, 5) is 22.5. The third-order valence-corrected chi connectivity index (χ3v) is 4.35. The lowest BCUT2D eigenvalue weighted by atomic mass is 9.95. The highest BCUT2D eigenvalue weighted by atomic mass is 16.4. The summed E-state index contributed by atoms with van der Waals surface area (Å²) in [6.07, 6.45) is 4.84. The molecule has 0 spiro atoms. The maximum atomic E-state index is 11.8. The van der Waals surface area contributed by atoms with Gasteiger partial charge < -0.3 is 20.2 Å². The number of fused-ring (bicyclic) bond motifs is 2. The first kappa shape index (κ1) is 13.0. The van der Waals surface area contributed by atoms with Crippen LogP contribution in [-0.2, 0) is 6.54 Å². The molecule has 3 unspecified atom stereocenters. The molecule has 20 heavy (non-hydrogen) atoms. The Labute approximate surface area is 116 Å². The summed E-state index contributed by atoms with van der Waals surface area (Å²) in [5, 5.41) is 14.4. The van der Waals surface area contributed by atoms with E-state index in [9.17, 15) is 9.59 Å². The standard InChI is InChI=1S/C14H18N2O4/c17-13(18)12-4-3-10(20-12)7-15-14(19)16-11-6-8-1-2-9(11)5-8/h3-4,8-9,11H,1-2,5-7H2,(H,17,18)(H2,15,16,19). The van der Waals surface area contributed by atoms with Crippen LogP contribution in [0.3, 0.4) is 0 Å². The molecule has 1 aromatic rings. The maximum Gasteiger partial charge on any atom is 0.371 e. The first-order chi connectivity index (χ1) is 9.61. The highest BCUT2D eigenvalue weighted by molar-refractivity contribution is 5.84. The van der Waals surface area contributed by atoms with E-state index < -0.39 is 5.97 Å². The molecule has 0 saturated heterocycles. The van der Waals surface area contributed by atoms with Crippen molar-refractivity contribution in [1.29, 1.82) is 0 Å². The quantitative estimate of drug-likeness (QED) is 0.785. The van der Waals surface area contributed by atoms with Crippen LogP contribution in [0.2, 0.25) is 0 Å². The van der Waals surface area contributed by atoms with Crippen molar-refractivity contribution >= 4 is 12.0 Å². The molecule has 3 atom stereocenters. The van der Waals surface area contributed by atoms with Crippen molar-refractivity contribution in [2.75, 3.05) is 0 Å². The smallest absolute Gasteiger partial charge is 0.371 e. The topological polar surface area (TPSA) is 91.6 Å². The third kappa shape index (κ3) is 2.64. The predicted molar refractivity (Wildman–Crippen MR) is 70.3 cm³/mol. The Balaban J connectivity index is 1.46. The molecule has 2 amide bonds. The Morgan fingerprint density at radius 1 is 1.30 bits per heavy atom. The average Bonchev–Trinajstić information content (AvgIpc) is 3.12. The van der Waals surface area contributed by atoms with Gasteiger partial charge in [0.25, 0.3) is 0 Å². The number of carboxylic acid groups (broad SMARTS) is 1. The van der Waals surface area contributed by atoms with Crippen LogP contribution in [0.15, 0.2) is 16.5 Å². The zero-order valence-corrected chi connectivity index (χ0v) is 11.1. The van der Waals surface area contributed by atoms with Gasteiger partial charge in [0.1, 0.15) is 5.76 Å². The second-order valence-electron chi connectivity index (χ2n) is 5.68. The Morgan fingerprint density at radius 3 is 2.75 bits per heavy atom. The van der Waals surface area contributed by atoms with Crippen molar-refractivity contribution in [3.63, 3.8) is 0 Å². The van der Waals surface area contributed by atoms with Gasteiger partial charge in [0.05, 0.1) is 6.54 Å². The molecule has 6 nitrogen and oxygen atoms in total. The number of rotatable bonds is 4. The van der Waals surface area contributed by atoms with Crippen LogP contribution in [-0.4, -0.2) is 23.1 Å². The van der Waals surface area contributed by atoms with Crippen molar-refractivity contribution in [2.24, 2.45) is 11.8 Å². The minimum absolute atomic E-state index is 0.115. The van der Waals surface area contributed by atoms with E-state index in [0.717, 1.165) is 12.3 Å². The lowest BCUT2D eigenvalue weighted by Gasteiger charge is -2.22. The number of carboxylic acids is 1. The average molecular weight is 278 g/mol. The van der Waals surface area contributed by atoms with Crippen LogP contribution in [0.5, 0.6) is 0 Å². The molecule has 2 aliphatic carbocycles. The Bertz CT molecular complexity index is 525. The molecule has 2 fully saturated rings. The Hall–Kier alpha value is -1.98. The molecule has 3 N–H and O–H groups in total. The number of hydrogen-bond donors (Lipinski definition) is 3. The molecule has 0 radical (unpaired) electrons. The zero-order valence-electron chi connectivity index (χ0n) is 11.1. The molecule has 2 bridgehead atoms. The molecular formula is C14H18N2O4. The normalized spacial score (nSPS) is 27.5. The van der Waals surface area contributed by atoms with Gasteiger partial charge in [-0.25, -0.2) is 9.59 Å². The number of nitrogens with one attached hydrogen (secondary N) is 2. The van der Waals surface area contributed by atoms with E-state index >= 15 is 0 Å². The summed E-state index contributed by atoms with van der Waals surface area (Å²) >= 11 is 0. The number of carbonyl (C=O) groups is 2. The van der Waals surface area contributed by atoms with Crippen LogP contribution in [0, 0.1) is 11.8 Å². The molecule has 0 aliphatic heterocycles. The fraction of sp³-hybridized carbons (Fsp3) is 0.571. The minimum Gasteiger partial charge on any atom is -0.475 e. The predicted octanol–water partition coefficient (Wildman–Crippen LogP) is 1.97. The summed E-state index contributed by atoms with van der Waals surface area (Å²) in [5.41, 5.74) is 0. The fourth-order valence-electron chi connectivity index (χ4n) is 3.40. The van der Waals surface area contributed by atoms with Crippen LogP contribution in [0.4, 0.5) is 4.79 Å². The monoisotopic (exact) mass is 278 g/mol. The fourth-order valence-corrected chi connectivity index (χ4v) is 3.40. The van der Waals surface area contributed by atoms with Gasteiger partial charge in [-0.05, 0) is 43.2 Å². The van der Waals surface area contributed by atoms with E-state index in [2.05, 4.69) is 10.6 Å². The van der Waals surface area contributed by atoms with Crippen molar-refractivity contribution in [3.8, 4) is 0 Å². The second-order valence-corrected chi connectivity index (χ2v) is 5.68. The van der Waals surface area contributed by atoms with Gasteiger partial charge in [0, 0.05) is 6.04 Å². The number of furan rings is 1. The van der Waals surface area contributed by atoms with E-state index in [4.69, 9.17) is 9.52 Å². The van der Waals surface area contributed by atoms with Gasteiger partial charge in [-0.15, -0.1) is 0 Å². The second kappa shape index (κ2) is 5.19. The largest absolute Gasteiger partial charge is 0.475 e. The Morgan fingerprint density at radius 2 is 2.15 bits per heavy atom. The summed E-state index contributed by atoms with van der Waals surface area (Å²) < 4.78 is 5.07. The molecule has 1 heterocycles. The zero-order chi connectivity index (χ0) is 14.1. The summed E-state index contributed by atoms with van der Waals surface area (Å²) in [5.74, 6) is 0.630. The van der Waals surface area contributed by atoms with Gasteiger partial charge in [0.2, 0.25) is 5.76 Å². The number of aromatic carboxylic acids is 1. The van der Waals surface area contributed by atoms with Gasteiger partial charge in [-0.3, -0.25) is 0 Å². The van der Waals surface area contributed by atoms with Crippen molar-refractivity contribution < 1.29 is 19.1 Å². The molecule has 108 valence electrons. The van der Waals surface area contributed by atoms with Crippen LogP contribution >= 0.6 is 0 Å². The highest BCUT2D eigenvalue weighted by Crippen LogP contribution is 2.44. The molecule has 2 aliphatic rings. The number of hydrogen-bond acceptors (Lipinski definition) is 3. The molecule has 6 heteroatoms. The summed E-state index contributed by atoms with van der Waals surface area (Å²) in [6.45, 7) is 0.194. The van der Waals surface area contributed by atoms with Gasteiger partial charge in [-0.1, -0.05) is 6.42 Å². The maximum absolute atomic E-state index is 11.8. The lowest BCUT2D eigenvalue weighted by Crippen LogP contribution is -2.44. The number of urea groups is 1. The first-order valence-electron chi connectivity index (χ1n) is 6.98. The van der Waals surface area contributed by atoms with E-state index in [1.165, 1.54) is 25.3 Å². The molecule has 0 aromatic carbocycles. The van der Waals surface area contributed by atoms with Crippen LogP contribution in [0.25, 0.3) is 0 Å². The molecule has 3 rings (SSSR count). The third-order valence-electron chi connectivity index (χ3n) is 4.35. The highest BCUT2D eigenvalue weighted by Gasteiger charge is 2.40. The lowest BCUT2D eigenvalue weighted by molar-refractivity contribution is 0.0660. The Kier molecular flexibility index (Phi) is 3.38. The van der Waals surface area contributed by atoms with Crippen LogP contribution < -0.4 is 10.6 Å². The van der Waals surface area contributed by atoms with E-state index in [-0.39, 0.29) is 18.3 Å². The van der Waals surface area contributed by atoms with E-state index in [1.54, 1.807) is 6.07 Å². The number of carbonyl (C=O) groups excluding carboxylic acids is 1. The van der Waals surface area contributed by atoms with E-state index in [0.29, 0.717) is 17.7 Å². The minimum atomic E-state index is -1.11. The van der Waals surface area contributed by atoms with Crippen molar-refractivity contribution in [2.45, 2.75) is 38.3 Å². The summed E-state index contributed by atoms with van der Waals surface area (Å²) in [7, 11) is 0. The molecule has 2 saturated carbocycles. The van der Waals surface area contributed by atoms with Gasteiger partial charge >= 0.3 is 12.0 Å². The molecular weight excluding hydrogens is 260 g/mol. The van der Waals surface area contributed by atoms with E-state index in [1.807, 2.05) is 0 Å². The number of amides is 2. The molecule has 1 aromatic heterocycles. The first-order valence-corrected chi connectivity index (χ1v) is 6.98. The SMILES string of the molecule is O=C(NCc1ccc(C(=O)O)o1)NC1CC2CCC1C2. The van der Waals surface area contributed by atoms with Crippen molar-refractivity contribution in [3.05, 3.63) is 23.7 Å². The van der Waals surface area contributed by atoms with Gasteiger partial charge in [0.15, 0.2) is 0 Å². The van der Waals surface area contributed by atoms with Gasteiger partial charge in [-0.2, -0.15) is 0 Å². The van der Waals surface area contributed by atoms with Crippen LogP contribution in [0.1, 0.15) is 42.0 Å². The van der Waals surface area contributed by atoms with Crippen molar-refractivity contribution in [1.82, 2.24) is 10.6 Å². The summed E-state index contributed by atoms with van der Waals surface area (Å²) in [6, 6.07) is 3.02.